The first-order chi connectivity index (χ1) is 10.00. The number of carbonyl (C=O) groups excluding carboxylic acids is 2. The smallest absolute Gasteiger partial charge is 0.179 e. The van der Waals surface area contributed by atoms with Crippen molar-refractivity contribution in [1.29, 1.82) is 0 Å². The van der Waals surface area contributed by atoms with E-state index in [1.165, 1.54) is 0 Å². The molecule has 5 nitrogen and oxygen atoms in total. The van der Waals surface area contributed by atoms with E-state index < -0.39 is 17.6 Å². The van der Waals surface area contributed by atoms with E-state index in [0.717, 1.165) is 12.0 Å². The molecule has 1 aromatic rings. The summed E-state index contributed by atoms with van der Waals surface area (Å²) in [5, 5.41) is 0. The summed E-state index contributed by atoms with van der Waals surface area (Å²) in [7, 11) is 0. The average molecular weight is 289 g/mol. The first-order valence-corrected chi connectivity index (χ1v) is 7.25. The summed E-state index contributed by atoms with van der Waals surface area (Å²) in [6, 6.07) is 5.30. The number of aryl methyl sites for hydroxylation is 1. The van der Waals surface area contributed by atoms with Gasteiger partial charge in [0.15, 0.2) is 11.6 Å². The molecule has 0 aromatic heterocycles. The average Bonchev–Trinajstić information content (AvgIpc) is 2.87. The minimum absolute atomic E-state index is 0.140. The van der Waals surface area contributed by atoms with Crippen LogP contribution in [0, 0.1) is 0 Å². The topological polar surface area (TPSA) is 78.6 Å². The van der Waals surface area contributed by atoms with Crippen LogP contribution in [-0.4, -0.2) is 23.3 Å². The quantitative estimate of drug-likeness (QED) is 0.676. The monoisotopic (exact) mass is 289 g/mol. The number of Topliss-reactive ketones (excluding diaryl/α,β-unsaturated/α-hetero) is 2. The number of benzene rings is 1. The van der Waals surface area contributed by atoms with Crippen molar-refractivity contribution in [2.24, 2.45) is 5.90 Å². The number of hydrogen-bond acceptors (Lipinski definition) is 5. The molecule has 3 atom stereocenters. The van der Waals surface area contributed by atoms with Crippen molar-refractivity contribution in [3.05, 3.63) is 29.3 Å². The molecular weight excluding hydrogens is 270 g/mol. The molecule has 2 heterocycles. The molecule has 112 valence electrons. The molecule has 0 radical (unpaired) electrons. The van der Waals surface area contributed by atoms with E-state index >= 15 is 0 Å². The third-order valence-electron chi connectivity index (χ3n) is 4.62. The number of ketones is 2. The summed E-state index contributed by atoms with van der Waals surface area (Å²) in [4.78, 5) is 30.1. The number of fused-ring (bicyclic) bond motifs is 2. The van der Waals surface area contributed by atoms with Gasteiger partial charge >= 0.3 is 0 Å². The van der Waals surface area contributed by atoms with Crippen molar-refractivity contribution in [3.63, 3.8) is 0 Å². The van der Waals surface area contributed by atoms with Crippen LogP contribution in [0.1, 0.15) is 43.7 Å². The lowest BCUT2D eigenvalue weighted by molar-refractivity contribution is -0.160. The summed E-state index contributed by atoms with van der Waals surface area (Å²) in [6.07, 6.45) is 1.49. The van der Waals surface area contributed by atoms with Crippen LogP contribution in [-0.2, 0) is 20.7 Å². The van der Waals surface area contributed by atoms with E-state index in [2.05, 4.69) is 0 Å². The highest BCUT2D eigenvalue weighted by Crippen LogP contribution is 2.44. The molecule has 3 rings (SSSR count). The van der Waals surface area contributed by atoms with Crippen LogP contribution < -0.4 is 10.7 Å². The normalized spacial score (nSPS) is 31.6. The molecule has 0 aliphatic carbocycles. The van der Waals surface area contributed by atoms with E-state index in [0.29, 0.717) is 24.2 Å². The second-order valence-corrected chi connectivity index (χ2v) is 5.91. The lowest BCUT2D eigenvalue weighted by atomic mass is 9.79. The van der Waals surface area contributed by atoms with E-state index in [-0.39, 0.29) is 11.6 Å². The van der Waals surface area contributed by atoms with Crippen LogP contribution in [0.4, 0.5) is 0 Å². The zero-order chi connectivity index (χ0) is 15.2. The van der Waals surface area contributed by atoms with Crippen molar-refractivity contribution < 1.29 is 19.2 Å². The molecule has 2 bridgehead atoms. The van der Waals surface area contributed by atoms with E-state index in [1.807, 2.05) is 13.0 Å². The highest BCUT2D eigenvalue weighted by molar-refractivity contribution is 6.15. The Balaban J connectivity index is 2.10. The third-order valence-corrected chi connectivity index (χ3v) is 4.62. The van der Waals surface area contributed by atoms with Gasteiger partial charge in [0.1, 0.15) is 23.4 Å². The Bertz CT molecular complexity index is 612. The molecule has 2 N–H and O–H groups in total. The first kappa shape index (κ1) is 14.2. The number of hydrogen-bond donors (Lipinski definition) is 1. The van der Waals surface area contributed by atoms with Gasteiger partial charge in [-0.1, -0.05) is 13.0 Å². The third kappa shape index (κ3) is 2.08. The lowest BCUT2D eigenvalue weighted by Gasteiger charge is -2.33. The van der Waals surface area contributed by atoms with Gasteiger partial charge in [-0.2, -0.15) is 5.90 Å². The second kappa shape index (κ2) is 4.93. The summed E-state index contributed by atoms with van der Waals surface area (Å²) in [6.45, 7) is 3.77. The molecule has 21 heavy (non-hydrogen) atoms. The Labute approximate surface area is 123 Å². The van der Waals surface area contributed by atoms with Gasteiger partial charge in [0.25, 0.3) is 0 Å². The molecule has 2 aliphatic heterocycles. The number of ether oxygens (including phenoxy) is 1. The Morgan fingerprint density at radius 1 is 1.43 bits per heavy atom. The SMILES string of the molecule is CCc1ccc(ON)cc1C1C(=O)C2CCC(C)(O2)C1=O. The molecule has 5 heteroatoms. The fraction of sp³-hybridized carbons (Fsp3) is 0.500. The minimum atomic E-state index is -0.839. The Morgan fingerprint density at radius 3 is 2.86 bits per heavy atom. The second-order valence-electron chi connectivity index (χ2n) is 5.91. The molecule has 3 unspecified atom stereocenters. The Kier molecular flexibility index (Phi) is 3.34. The number of carbonyl (C=O) groups is 2. The van der Waals surface area contributed by atoms with Gasteiger partial charge in [-0.3, -0.25) is 9.59 Å². The van der Waals surface area contributed by atoms with Gasteiger partial charge in [0, 0.05) is 0 Å². The fourth-order valence-electron chi connectivity index (χ4n) is 3.37. The van der Waals surface area contributed by atoms with Crippen LogP contribution >= 0.6 is 0 Å². The van der Waals surface area contributed by atoms with Crippen molar-refractivity contribution in [3.8, 4) is 5.75 Å². The molecule has 2 aliphatic rings. The maximum absolute atomic E-state index is 12.8. The Hall–Kier alpha value is -1.72. The molecule has 0 spiro atoms. The highest BCUT2D eigenvalue weighted by Gasteiger charge is 2.55. The molecule has 2 saturated heterocycles. The van der Waals surface area contributed by atoms with Crippen molar-refractivity contribution >= 4 is 11.6 Å². The molecular formula is C16H19NO4. The van der Waals surface area contributed by atoms with Crippen LogP contribution in [0.5, 0.6) is 5.75 Å². The zero-order valence-electron chi connectivity index (χ0n) is 12.2. The van der Waals surface area contributed by atoms with Gasteiger partial charge in [-0.15, -0.1) is 0 Å². The maximum atomic E-state index is 12.8. The summed E-state index contributed by atoms with van der Waals surface area (Å²) in [5.41, 5.74) is 0.831. The number of nitrogens with two attached hydrogens (primary N) is 1. The van der Waals surface area contributed by atoms with E-state index in [1.54, 1.807) is 19.1 Å². The van der Waals surface area contributed by atoms with Gasteiger partial charge in [-0.25, -0.2) is 0 Å². The maximum Gasteiger partial charge on any atom is 0.179 e. The lowest BCUT2D eigenvalue weighted by Crippen LogP contribution is -2.49. The van der Waals surface area contributed by atoms with Crippen LogP contribution in [0.15, 0.2) is 18.2 Å². The largest absolute Gasteiger partial charge is 0.412 e. The fourth-order valence-corrected chi connectivity index (χ4v) is 3.37. The number of rotatable bonds is 3. The van der Waals surface area contributed by atoms with Gasteiger partial charge in [0.05, 0.1) is 0 Å². The van der Waals surface area contributed by atoms with Crippen molar-refractivity contribution in [2.45, 2.75) is 50.7 Å². The standard InChI is InChI=1S/C16H19NO4/c1-3-9-4-5-10(21-17)8-11(9)13-14(18)12-6-7-16(2,20-12)15(13)19/h4-5,8,12-13H,3,6-7,17H2,1-2H3. The Morgan fingerprint density at radius 2 is 2.19 bits per heavy atom. The predicted octanol–water partition coefficient (Wildman–Crippen LogP) is 1.67. The van der Waals surface area contributed by atoms with Gasteiger partial charge in [0.2, 0.25) is 0 Å². The van der Waals surface area contributed by atoms with Crippen molar-refractivity contribution in [2.75, 3.05) is 0 Å². The predicted molar refractivity (Wildman–Crippen MR) is 75.9 cm³/mol. The summed E-state index contributed by atoms with van der Waals surface area (Å²) in [5.74, 6) is 4.61. The summed E-state index contributed by atoms with van der Waals surface area (Å²) < 4.78 is 5.64. The van der Waals surface area contributed by atoms with Crippen molar-refractivity contribution in [1.82, 2.24) is 0 Å². The molecule has 0 amide bonds. The molecule has 2 fully saturated rings. The first-order valence-electron chi connectivity index (χ1n) is 7.25. The molecule has 1 aromatic carbocycles. The van der Waals surface area contributed by atoms with E-state index in [9.17, 15) is 9.59 Å². The minimum Gasteiger partial charge on any atom is -0.412 e. The zero-order valence-corrected chi connectivity index (χ0v) is 12.2. The van der Waals surface area contributed by atoms with Crippen LogP contribution in [0.2, 0.25) is 0 Å². The highest BCUT2D eigenvalue weighted by atomic mass is 16.6. The van der Waals surface area contributed by atoms with Gasteiger partial charge < -0.3 is 9.57 Å². The van der Waals surface area contributed by atoms with Crippen LogP contribution in [0.3, 0.4) is 0 Å². The molecule has 0 saturated carbocycles. The van der Waals surface area contributed by atoms with E-state index in [4.69, 9.17) is 15.5 Å². The summed E-state index contributed by atoms with van der Waals surface area (Å²) >= 11 is 0. The van der Waals surface area contributed by atoms with Crippen LogP contribution in [0.25, 0.3) is 0 Å². The van der Waals surface area contributed by atoms with Gasteiger partial charge in [-0.05, 0) is 49.4 Å².